The van der Waals surface area contributed by atoms with Crippen molar-refractivity contribution < 1.29 is 34.4 Å². The smallest absolute Gasteiger partial charge is 0.306 e. The molecule has 248 valence electrons. The van der Waals surface area contributed by atoms with Crippen molar-refractivity contribution in [3.8, 4) is 0 Å². The summed E-state index contributed by atoms with van der Waals surface area (Å²) in [5, 5.41) is 35.1. The zero-order valence-electron chi connectivity index (χ0n) is 28.3. The molecule has 0 radical (unpaired) electrons. The van der Waals surface area contributed by atoms with Crippen LogP contribution >= 0.6 is 0 Å². The van der Waals surface area contributed by atoms with Gasteiger partial charge in [0.05, 0.1) is 18.1 Å². The van der Waals surface area contributed by atoms with Crippen LogP contribution in [-0.4, -0.2) is 56.3 Å². The normalized spacial score (nSPS) is 37.6. The van der Waals surface area contributed by atoms with Crippen molar-refractivity contribution in [1.82, 2.24) is 0 Å². The van der Waals surface area contributed by atoms with Gasteiger partial charge in [-0.3, -0.25) is 14.4 Å². The van der Waals surface area contributed by atoms with Crippen molar-refractivity contribution in [2.75, 3.05) is 6.61 Å². The molecule has 0 bridgehead atoms. The maximum Gasteiger partial charge on any atom is 0.306 e. The summed E-state index contributed by atoms with van der Waals surface area (Å²) in [5.74, 6) is -4.68. The van der Waals surface area contributed by atoms with Gasteiger partial charge in [-0.1, -0.05) is 105 Å². The Balaban J connectivity index is 1.65. The first-order chi connectivity index (χ1) is 20.7. The van der Waals surface area contributed by atoms with Crippen LogP contribution in [0, 0.1) is 40.9 Å². The van der Waals surface area contributed by atoms with E-state index in [0.717, 1.165) is 19.3 Å². The van der Waals surface area contributed by atoms with Crippen molar-refractivity contribution in [3.63, 3.8) is 0 Å². The number of hydrogen-bond acceptors (Lipinski definition) is 7. The molecule has 4 rings (SSSR count). The molecular weight excluding hydrogens is 556 g/mol. The summed E-state index contributed by atoms with van der Waals surface area (Å²) >= 11 is 0. The first-order valence-electron chi connectivity index (χ1n) is 17.4. The summed E-state index contributed by atoms with van der Waals surface area (Å²) in [6, 6.07) is 0. The Morgan fingerprint density at radius 3 is 2.16 bits per heavy atom. The van der Waals surface area contributed by atoms with Gasteiger partial charge < -0.3 is 20.1 Å². The Morgan fingerprint density at radius 2 is 1.59 bits per heavy atom. The van der Waals surface area contributed by atoms with Crippen LogP contribution in [0.25, 0.3) is 0 Å². The molecule has 2 fully saturated rings. The summed E-state index contributed by atoms with van der Waals surface area (Å²) in [5.41, 5.74) is -4.50. The van der Waals surface area contributed by atoms with Crippen LogP contribution in [-0.2, 0) is 19.1 Å². The first kappa shape index (κ1) is 35.0. The first-order valence-corrected chi connectivity index (χ1v) is 17.4. The van der Waals surface area contributed by atoms with Crippen LogP contribution in [0.15, 0.2) is 23.3 Å². The van der Waals surface area contributed by atoms with Crippen molar-refractivity contribution in [1.29, 1.82) is 0 Å². The van der Waals surface area contributed by atoms with Crippen LogP contribution in [0.4, 0.5) is 0 Å². The van der Waals surface area contributed by atoms with Gasteiger partial charge in [0.1, 0.15) is 17.0 Å². The number of carbonyl (C=O) groups is 3. The fraction of sp³-hybridized carbons (Fsp3) is 0.811. The molecule has 9 atom stereocenters. The Hall–Kier alpha value is -1.83. The fourth-order valence-electron chi connectivity index (χ4n) is 9.50. The minimum atomic E-state index is -1.91. The largest absolute Gasteiger partial charge is 0.457 e. The van der Waals surface area contributed by atoms with E-state index in [2.05, 4.69) is 6.92 Å². The zero-order chi connectivity index (χ0) is 32.7. The summed E-state index contributed by atoms with van der Waals surface area (Å²) in [6.07, 6.45) is 14.5. The molecule has 4 aliphatic rings. The molecule has 7 nitrogen and oxygen atoms in total. The molecule has 0 saturated heterocycles. The monoisotopic (exact) mass is 614 g/mol. The molecule has 44 heavy (non-hydrogen) atoms. The molecule has 7 heteroatoms. The van der Waals surface area contributed by atoms with E-state index in [1.165, 1.54) is 38.5 Å². The van der Waals surface area contributed by atoms with Gasteiger partial charge >= 0.3 is 5.97 Å². The van der Waals surface area contributed by atoms with E-state index in [-0.39, 0.29) is 37.1 Å². The van der Waals surface area contributed by atoms with Crippen LogP contribution in [0.5, 0.6) is 0 Å². The second kappa shape index (κ2) is 13.1. The third-order valence-corrected chi connectivity index (χ3v) is 12.2. The number of carbonyl (C=O) groups excluding carboxylic acids is 3. The quantitative estimate of drug-likeness (QED) is 0.113. The minimum Gasteiger partial charge on any atom is -0.457 e. The van der Waals surface area contributed by atoms with Crippen LogP contribution < -0.4 is 0 Å². The lowest BCUT2D eigenvalue weighted by Crippen LogP contribution is -2.65. The maximum absolute atomic E-state index is 14.3. The topological polar surface area (TPSA) is 121 Å². The molecule has 0 amide bonds. The lowest BCUT2D eigenvalue weighted by molar-refractivity contribution is -0.205. The fourth-order valence-corrected chi connectivity index (χ4v) is 9.50. The van der Waals surface area contributed by atoms with E-state index in [1.54, 1.807) is 13.0 Å². The van der Waals surface area contributed by atoms with Crippen LogP contribution in [0.2, 0.25) is 0 Å². The molecule has 0 heterocycles. The summed E-state index contributed by atoms with van der Waals surface area (Å²) in [6.45, 7) is 13.2. The summed E-state index contributed by atoms with van der Waals surface area (Å²) < 4.78 is 6.51. The standard InChI is InChI=1S/C37H58O7/c1-8-10-11-12-13-14-15-16-17-18-29(39)44-37-30(31(40)23(3)9-2)25(5)36(43)27(32(37)34(37,6)7)20-26(22-38)21-35(42)28(36)19-24(4)33(35)41/h19-20,23,25,27-28,30,32,38,42-43H,8-18,21-22H2,1-7H3/t23?,25-,27+,28-,30+,32-,35-,36-,37+/m1/s1. The average Bonchev–Trinajstić information content (AvgIpc) is 3.40. The second-order valence-corrected chi connectivity index (χ2v) is 15.2. The number of Topliss-reactive ketones (excluding diaryl/α,β-unsaturated/α-hetero) is 2. The SMILES string of the molecule is CCCCCCCCCCCC(=O)O[C@@]12[C@H](C(=O)C(C)CC)[C@@H](C)[C@@]3(O)[C@@H](C=C(CO)C[C@]4(O)C(=O)C(C)=C[C@@H]34)[C@@H]1C2(C)C. The lowest BCUT2D eigenvalue weighted by Gasteiger charge is -2.53. The third-order valence-electron chi connectivity index (χ3n) is 12.2. The predicted octanol–water partition coefficient (Wildman–Crippen LogP) is 6.27. The van der Waals surface area contributed by atoms with Gasteiger partial charge in [0.15, 0.2) is 5.78 Å². The van der Waals surface area contributed by atoms with Crippen molar-refractivity contribution >= 4 is 17.5 Å². The van der Waals surface area contributed by atoms with Gasteiger partial charge in [-0.15, -0.1) is 0 Å². The number of fused-ring (bicyclic) bond motifs is 5. The number of ether oxygens (including phenoxy) is 1. The van der Waals surface area contributed by atoms with E-state index in [9.17, 15) is 29.7 Å². The van der Waals surface area contributed by atoms with Gasteiger partial charge in [0, 0.05) is 41.9 Å². The number of rotatable bonds is 15. The van der Waals surface area contributed by atoms with E-state index in [1.807, 2.05) is 40.7 Å². The van der Waals surface area contributed by atoms with Crippen molar-refractivity contribution in [2.45, 2.75) is 142 Å². The molecule has 2 saturated carbocycles. The number of unbranched alkanes of at least 4 members (excludes halogenated alkanes) is 8. The van der Waals surface area contributed by atoms with Gasteiger partial charge in [-0.25, -0.2) is 0 Å². The highest BCUT2D eigenvalue weighted by Crippen LogP contribution is 2.78. The highest BCUT2D eigenvalue weighted by Gasteiger charge is 2.87. The highest BCUT2D eigenvalue weighted by molar-refractivity contribution is 6.05. The van der Waals surface area contributed by atoms with Gasteiger partial charge in [-0.2, -0.15) is 0 Å². The Kier molecular flexibility index (Phi) is 10.4. The predicted molar refractivity (Wildman–Crippen MR) is 170 cm³/mol. The van der Waals surface area contributed by atoms with E-state index in [0.29, 0.717) is 17.6 Å². The van der Waals surface area contributed by atoms with Crippen molar-refractivity contribution in [2.24, 2.45) is 40.9 Å². The molecular formula is C37H58O7. The second-order valence-electron chi connectivity index (χ2n) is 15.2. The number of esters is 1. The van der Waals surface area contributed by atoms with E-state index >= 15 is 0 Å². The number of hydrogen-bond donors (Lipinski definition) is 3. The Morgan fingerprint density at radius 1 is 1.00 bits per heavy atom. The molecule has 0 aliphatic heterocycles. The lowest BCUT2D eigenvalue weighted by atomic mass is 9.55. The molecule has 4 aliphatic carbocycles. The van der Waals surface area contributed by atoms with Crippen molar-refractivity contribution in [3.05, 3.63) is 23.3 Å². The number of aliphatic hydroxyl groups is 3. The third kappa shape index (κ3) is 5.47. The molecule has 0 aromatic heterocycles. The molecule has 0 aromatic carbocycles. The number of ketones is 2. The van der Waals surface area contributed by atoms with Gasteiger partial charge in [0.2, 0.25) is 0 Å². The summed E-state index contributed by atoms with van der Waals surface area (Å²) in [4.78, 5) is 41.2. The minimum absolute atomic E-state index is 0.0532. The van der Waals surface area contributed by atoms with Gasteiger partial charge in [0.25, 0.3) is 0 Å². The molecule has 0 spiro atoms. The molecule has 1 unspecified atom stereocenters. The summed E-state index contributed by atoms with van der Waals surface area (Å²) in [7, 11) is 0. The van der Waals surface area contributed by atoms with E-state index < -0.39 is 57.6 Å². The van der Waals surface area contributed by atoms with E-state index in [4.69, 9.17) is 4.74 Å². The zero-order valence-corrected chi connectivity index (χ0v) is 28.3. The number of aliphatic hydroxyl groups excluding tert-OH is 1. The molecule has 3 N–H and O–H groups in total. The van der Waals surface area contributed by atoms with Gasteiger partial charge in [-0.05, 0) is 36.8 Å². The maximum atomic E-state index is 14.3. The highest BCUT2D eigenvalue weighted by atomic mass is 16.6. The van der Waals surface area contributed by atoms with Crippen LogP contribution in [0.3, 0.4) is 0 Å². The average molecular weight is 615 g/mol. The molecule has 0 aromatic rings. The van der Waals surface area contributed by atoms with Crippen LogP contribution in [0.1, 0.15) is 126 Å². The Bertz CT molecular complexity index is 1170. The Labute approximate surface area is 264 Å².